The van der Waals surface area contributed by atoms with E-state index in [1.165, 1.54) is 11.8 Å². The standard InChI is InChI=1S/C10H11NO2S2/c1-11(2)10(14)15-8-5-3-7(4-6-8)9(12)13/h3-6H,1-2H3,(H,12,13). The smallest absolute Gasteiger partial charge is 0.335 e. The van der Waals surface area contributed by atoms with Crippen molar-refractivity contribution in [2.75, 3.05) is 14.1 Å². The molecule has 0 saturated carbocycles. The molecular weight excluding hydrogens is 230 g/mol. The van der Waals surface area contributed by atoms with E-state index in [2.05, 4.69) is 0 Å². The maximum absolute atomic E-state index is 10.6. The molecule has 5 heteroatoms. The largest absolute Gasteiger partial charge is 0.478 e. The molecule has 0 spiro atoms. The lowest BCUT2D eigenvalue weighted by atomic mass is 10.2. The second kappa shape index (κ2) is 5.14. The molecule has 1 aromatic rings. The monoisotopic (exact) mass is 241 g/mol. The van der Waals surface area contributed by atoms with Crippen LogP contribution in [0.3, 0.4) is 0 Å². The Morgan fingerprint density at radius 1 is 1.33 bits per heavy atom. The maximum atomic E-state index is 10.6. The molecule has 0 unspecified atom stereocenters. The number of hydrogen-bond donors (Lipinski definition) is 1. The Hall–Kier alpha value is -1.07. The van der Waals surface area contributed by atoms with Gasteiger partial charge in [0, 0.05) is 19.0 Å². The summed E-state index contributed by atoms with van der Waals surface area (Å²) in [7, 11) is 3.75. The van der Waals surface area contributed by atoms with Crippen molar-refractivity contribution in [2.45, 2.75) is 4.90 Å². The lowest BCUT2D eigenvalue weighted by Gasteiger charge is -2.12. The highest BCUT2D eigenvalue weighted by Gasteiger charge is 2.04. The number of hydrogen-bond acceptors (Lipinski definition) is 3. The van der Waals surface area contributed by atoms with Crippen molar-refractivity contribution >= 4 is 34.3 Å². The first-order chi connectivity index (χ1) is 7.00. The SMILES string of the molecule is CN(C)C(=S)Sc1ccc(C(=O)O)cc1. The molecule has 0 aliphatic heterocycles. The van der Waals surface area contributed by atoms with E-state index in [0.717, 1.165) is 9.22 Å². The van der Waals surface area contributed by atoms with Gasteiger partial charge in [-0.3, -0.25) is 0 Å². The molecule has 0 atom stereocenters. The third-order valence-electron chi connectivity index (χ3n) is 1.67. The molecule has 0 aromatic heterocycles. The van der Waals surface area contributed by atoms with Crippen molar-refractivity contribution in [3.8, 4) is 0 Å². The molecule has 1 aromatic carbocycles. The third kappa shape index (κ3) is 3.53. The Bertz CT molecular complexity index is 374. The molecule has 0 aliphatic carbocycles. The van der Waals surface area contributed by atoms with Crippen molar-refractivity contribution in [1.82, 2.24) is 4.90 Å². The maximum Gasteiger partial charge on any atom is 0.335 e. The van der Waals surface area contributed by atoms with Gasteiger partial charge in [-0.1, -0.05) is 24.0 Å². The molecule has 0 amide bonds. The second-order valence-corrected chi connectivity index (χ2v) is 4.80. The summed E-state index contributed by atoms with van der Waals surface area (Å²) in [4.78, 5) is 13.4. The lowest BCUT2D eigenvalue weighted by Crippen LogP contribution is -2.15. The van der Waals surface area contributed by atoms with Crippen LogP contribution in [0.5, 0.6) is 0 Å². The Morgan fingerprint density at radius 2 is 1.87 bits per heavy atom. The van der Waals surface area contributed by atoms with Gasteiger partial charge in [0.2, 0.25) is 0 Å². The zero-order valence-electron chi connectivity index (χ0n) is 8.43. The zero-order chi connectivity index (χ0) is 11.4. The number of carbonyl (C=O) groups is 1. The van der Waals surface area contributed by atoms with Gasteiger partial charge in [0.05, 0.1) is 5.56 Å². The van der Waals surface area contributed by atoms with E-state index in [1.807, 2.05) is 19.0 Å². The van der Waals surface area contributed by atoms with Gasteiger partial charge in [-0.15, -0.1) is 0 Å². The Morgan fingerprint density at radius 3 is 2.27 bits per heavy atom. The van der Waals surface area contributed by atoms with E-state index < -0.39 is 5.97 Å². The fourth-order valence-corrected chi connectivity index (χ4v) is 1.80. The van der Waals surface area contributed by atoms with E-state index in [0.29, 0.717) is 0 Å². The molecule has 0 radical (unpaired) electrons. The molecule has 0 saturated heterocycles. The quantitative estimate of drug-likeness (QED) is 0.635. The molecule has 3 nitrogen and oxygen atoms in total. The van der Waals surface area contributed by atoms with Gasteiger partial charge < -0.3 is 10.0 Å². The number of thioether (sulfide) groups is 1. The average Bonchev–Trinajstić information content (AvgIpc) is 2.18. The molecule has 80 valence electrons. The highest BCUT2D eigenvalue weighted by molar-refractivity contribution is 8.22. The predicted octanol–water partition coefficient (Wildman–Crippen LogP) is 2.32. The first-order valence-corrected chi connectivity index (χ1v) is 5.45. The van der Waals surface area contributed by atoms with E-state index in [1.54, 1.807) is 24.3 Å². The normalized spacial score (nSPS) is 9.73. The summed E-state index contributed by atoms with van der Waals surface area (Å²) >= 11 is 6.55. The van der Waals surface area contributed by atoms with Gasteiger partial charge in [0.15, 0.2) is 0 Å². The molecule has 0 bridgehead atoms. The van der Waals surface area contributed by atoms with Crippen LogP contribution in [-0.4, -0.2) is 34.4 Å². The summed E-state index contributed by atoms with van der Waals surface area (Å²) < 4.78 is 0.748. The van der Waals surface area contributed by atoms with Crippen LogP contribution < -0.4 is 0 Å². The van der Waals surface area contributed by atoms with E-state index in [9.17, 15) is 4.79 Å². The van der Waals surface area contributed by atoms with Gasteiger partial charge in [0.1, 0.15) is 4.32 Å². The van der Waals surface area contributed by atoms with Crippen LogP contribution in [0.15, 0.2) is 29.2 Å². The van der Waals surface area contributed by atoms with Crippen molar-refractivity contribution in [3.05, 3.63) is 29.8 Å². The lowest BCUT2D eigenvalue weighted by molar-refractivity contribution is 0.0697. The van der Waals surface area contributed by atoms with Gasteiger partial charge in [-0.25, -0.2) is 4.79 Å². The van der Waals surface area contributed by atoms with Crippen molar-refractivity contribution < 1.29 is 9.90 Å². The van der Waals surface area contributed by atoms with E-state index in [-0.39, 0.29) is 5.56 Å². The third-order valence-corrected chi connectivity index (χ3v) is 3.33. The first kappa shape index (κ1) is 12.0. The summed E-state index contributed by atoms with van der Waals surface area (Å²) in [6.45, 7) is 0. The molecule has 0 heterocycles. The van der Waals surface area contributed by atoms with Crippen LogP contribution in [-0.2, 0) is 0 Å². The number of carboxylic acid groups (broad SMARTS) is 1. The second-order valence-electron chi connectivity index (χ2n) is 3.09. The van der Waals surface area contributed by atoms with Crippen molar-refractivity contribution in [1.29, 1.82) is 0 Å². The van der Waals surface area contributed by atoms with Crippen LogP contribution in [0.4, 0.5) is 0 Å². The highest BCUT2D eigenvalue weighted by Crippen LogP contribution is 2.21. The number of nitrogens with zero attached hydrogens (tertiary/aromatic N) is 1. The number of carboxylic acids is 1. The minimum atomic E-state index is -0.915. The number of rotatable bonds is 2. The predicted molar refractivity (Wildman–Crippen MR) is 65.5 cm³/mol. The van der Waals surface area contributed by atoms with E-state index in [4.69, 9.17) is 17.3 Å². The summed E-state index contributed by atoms with van der Waals surface area (Å²) in [5.41, 5.74) is 0.287. The Labute approximate surface area is 98.1 Å². The molecule has 1 rings (SSSR count). The summed E-state index contributed by atoms with van der Waals surface area (Å²) in [6, 6.07) is 6.65. The Kier molecular flexibility index (Phi) is 4.11. The van der Waals surface area contributed by atoms with Crippen molar-refractivity contribution in [2.24, 2.45) is 0 Å². The van der Waals surface area contributed by atoms with Crippen LogP contribution in [0, 0.1) is 0 Å². The summed E-state index contributed by atoms with van der Waals surface area (Å²) in [6.07, 6.45) is 0. The van der Waals surface area contributed by atoms with E-state index >= 15 is 0 Å². The minimum absolute atomic E-state index is 0.287. The molecular formula is C10H11NO2S2. The van der Waals surface area contributed by atoms with Gasteiger partial charge in [0.25, 0.3) is 0 Å². The van der Waals surface area contributed by atoms with Crippen LogP contribution in [0.1, 0.15) is 10.4 Å². The number of thiocarbonyl (C=S) groups is 1. The molecule has 15 heavy (non-hydrogen) atoms. The number of aromatic carboxylic acids is 1. The zero-order valence-corrected chi connectivity index (χ0v) is 10.1. The first-order valence-electron chi connectivity index (χ1n) is 4.23. The van der Waals surface area contributed by atoms with Crippen molar-refractivity contribution in [3.63, 3.8) is 0 Å². The average molecular weight is 241 g/mol. The summed E-state index contributed by atoms with van der Waals surface area (Å²) in [5, 5.41) is 8.71. The summed E-state index contributed by atoms with van der Waals surface area (Å²) in [5.74, 6) is -0.915. The van der Waals surface area contributed by atoms with Gasteiger partial charge in [-0.05, 0) is 24.3 Å². The minimum Gasteiger partial charge on any atom is -0.478 e. The van der Waals surface area contributed by atoms with Crippen LogP contribution in [0.25, 0.3) is 0 Å². The molecule has 0 fully saturated rings. The Balaban J connectivity index is 2.73. The van der Waals surface area contributed by atoms with Crippen LogP contribution >= 0.6 is 24.0 Å². The number of benzene rings is 1. The highest BCUT2D eigenvalue weighted by atomic mass is 32.2. The van der Waals surface area contributed by atoms with Gasteiger partial charge >= 0.3 is 5.97 Å². The molecule has 1 N–H and O–H groups in total. The topological polar surface area (TPSA) is 40.5 Å². The van der Waals surface area contributed by atoms with Crippen LogP contribution in [0.2, 0.25) is 0 Å². The fourth-order valence-electron chi connectivity index (χ4n) is 0.858. The molecule has 0 aliphatic rings. The van der Waals surface area contributed by atoms with Gasteiger partial charge in [-0.2, -0.15) is 0 Å². The fraction of sp³-hybridized carbons (Fsp3) is 0.200.